The molecule has 2 aromatic rings. The number of hydrogen-bond acceptors (Lipinski definition) is 3. The average Bonchev–Trinajstić information content (AvgIpc) is 2.96. The summed E-state index contributed by atoms with van der Waals surface area (Å²) in [4.78, 5) is 2.48. The van der Waals surface area contributed by atoms with E-state index in [2.05, 4.69) is 35.2 Å². The van der Waals surface area contributed by atoms with Crippen molar-refractivity contribution in [2.75, 3.05) is 13.7 Å². The fraction of sp³-hybridized carbons (Fsp3) is 0.333. The topological polar surface area (TPSA) is 32.7 Å². The Labute approximate surface area is 125 Å². The van der Waals surface area contributed by atoms with E-state index in [0.29, 0.717) is 11.8 Å². The van der Waals surface area contributed by atoms with Crippen molar-refractivity contribution in [3.63, 3.8) is 0 Å². The molecule has 1 saturated heterocycles. The number of nitrogens with zero attached hydrogens (tertiary/aromatic N) is 1. The molecule has 0 bridgehead atoms. The standard InChI is InChI=1S/C18H21NO2/c1-21-18-10-9-14(12-17(18)20)13-19-11-5-8-16(19)15-6-3-2-4-7-15/h2-4,6-7,9-10,12,16,20H,5,8,11,13H2,1H3. The van der Waals surface area contributed by atoms with Crippen molar-refractivity contribution in [1.29, 1.82) is 0 Å². The smallest absolute Gasteiger partial charge is 0.160 e. The van der Waals surface area contributed by atoms with E-state index in [1.165, 1.54) is 18.4 Å². The van der Waals surface area contributed by atoms with Gasteiger partial charge in [0.2, 0.25) is 0 Å². The maximum atomic E-state index is 9.90. The van der Waals surface area contributed by atoms with Crippen molar-refractivity contribution in [3.8, 4) is 11.5 Å². The van der Waals surface area contributed by atoms with Crippen LogP contribution < -0.4 is 4.74 Å². The minimum atomic E-state index is 0.213. The molecule has 0 aromatic heterocycles. The van der Waals surface area contributed by atoms with Crippen LogP contribution in [-0.4, -0.2) is 23.7 Å². The van der Waals surface area contributed by atoms with E-state index in [4.69, 9.17) is 4.74 Å². The number of likely N-dealkylation sites (tertiary alicyclic amines) is 1. The molecule has 110 valence electrons. The first-order valence-electron chi connectivity index (χ1n) is 7.43. The zero-order valence-corrected chi connectivity index (χ0v) is 12.3. The molecular weight excluding hydrogens is 262 g/mol. The van der Waals surface area contributed by atoms with E-state index in [1.807, 2.05) is 12.1 Å². The number of hydrogen-bond donors (Lipinski definition) is 1. The monoisotopic (exact) mass is 283 g/mol. The van der Waals surface area contributed by atoms with Gasteiger partial charge in [-0.3, -0.25) is 4.90 Å². The van der Waals surface area contributed by atoms with Crippen LogP contribution in [-0.2, 0) is 6.54 Å². The van der Waals surface area contributed by atoms with Crippen molar-refractivity contribution in [1.82, 2.24) is 4.90 Å². The van der Waals surface area contributed by atoms with Crippen LogP contribution in [0.1, 0.15) is 30.0 Å². The Morgan fingerprint density at radius 3 is 2.71 bits per heavy atom. The molecule has 1 fully saturated rings. The van der Waals surface area contributed by atoms with Gasteiger partial charge in [-0.15, -0.1) is 0 Å². The Morgan fingerprint density at radius 1 is 1.19 bits per heavy atom. The number of rotatable bonds is 4. The summed E-state index contributed by atoms with van der Waals surface area (Å²) in [6.07, 6.45) is 2.42. The highest BCUT2D eigenvalue weighted by Gasteiger charge is 2.25. The maximum Gasteiger partial charge on any atom is 0.160 e. The lowest BCUT2D eigenvalue weighted by atomic mass is 10.0. The Balaban J connectivity index is 1.76. The van der Waals surface area contributed by atoms with Crippen LogP contribution >= 0.6 is 0 Å². The molecule has 3 rings (SSSR count). The van der Waals surface area contributed by atoms with Crippen molar-refractivity contribution in [2.24, 2.45) is 0 Å². The van der Waals surface area contributed by atoms with Gasteiger partial charge >= 0.3 is 0 Å². The molecule has 3 nitrogen and oxygen atoms in total. The Morgan fingerprint density at radius 2 is 2.00 bits per heavy atom. The predicted molar refractivity (Wildman–Crippen MR) is 83.5 cm³/mol. The number of phenolic OH excluding ortho intramolecular Hbond substituents is 1. The van der Waals surface area contributed by atoms with Gasteiger partial charge in [0.05, 0.1) is 7.11 Å². The van der Waals surface area contributed by atoms with E-state index >= 15 is 0 Å². The number of aromatic hydroxyl groups is 1. The average molecular weight is 283 g/mol. The lowest BCUT2D eigenvalue weighted by Crippen LogP contribution is -2.22. The summed E-state index contributed by atoms with van der Waals surface area (Å²) in [7, 11) is 1.57. The van der Waals surface area contributed by atoms with Gasteiger partial charge in [-0.1, -0.05) is 36.4 Å². The van der Waals surface area contributed by atoms with Crippen LogP contribution in [0.5, 0.6) is 11.5 Å². The highest BCUT2D eigenvalue weighted by molar-refractivity contribution is 5.41. The second kappa shape index (κ2) is 6.19. The molecule has 1 aliphatic heterocycles. The normalized spacial score (nSPS) is 18.8. The fourth-order valence-electron chi connectivity index (χ4n) is 3.14. The maximum absolute atomic E-state index is 9.90. The second-order valence-electron chi connectivity index (χ2n) is 5.55. The van der Waals surface area contributed by atoms with Gasteiger partial charge in [0.1, 0.15) is 0 Å². The molecular formula is C18H21NO2. The quantitative estimate of drug-likeness (QED) is 0.928. The lowest BCUT2D eigenvalue weighted by molar-refractivity contribution is 0.248. The predicted octanol–water partition coefficient (Wildman–Crippen LogP) is 3.74. The van der Waals surface area contributed by atoms with E-state index < -0.39 is 0 Å². The van der Waals surface area contributed by atoms with E-state index in [1.54, 1.807) is 13.2 Å². The van der Waals surface area contributed by atoms with Gasteiger partial charge in [-0.05, 0) is 42.6 Å². The summed E-state index contributed by atoms with van der Waals surface area (Å²) in [5.74, 6) is 0.741. The molecule has 1 unspecified atom stereocenters. The van der Waals surface area contributed by atoms with Crippen LogP contribution in [0.25, 0.3) is 0 Å². The number of ether oxygens (including phenoxy) is 1. The fourth-order valence-corrected chi connectivity index (χ4v) is 3.14. The van der Waals surface area contributed by atoms with Gasteiger partial charge in [-0.2, -0.15) is 0 Å². The van der Waals surface area contributed by atoms with Crippen molar-refractivity contribution in [2.45, 2.75) is 25.4 Å². The molecule has 1 N–H and O–H groups in total. The largest absolute Gasteiger partial charge is 0.504 e. The minimum absolute atomic E-state index is 0.213. The third-order valence-corrected chi connectivity index (χ3v) is 4.18. The van der Waals surface area contributed by atoms with E-state index in [0.717, 1.165) is 18.7 Å². The van der Waals surface area contributed by atoms with Gasteiger partial charge in [0, 0.05) is 12.6 Å². The van der Waals surface area contributed by atoms with Crippen LogP contribution in [0.4, 0.5) is 0 Å². The molecule has 0 spiro atoms. The second-order valence-corrected chi connectivity index (χ2v) is 5.55. The molecule has 3 heteroatoms. The first kappa shape index (κ1) is 14.0. The van der Waals surface area contributed by atoms with Gasteiger partial charge in [0.15, 0.2) is 11.5 Å². The molecule has 21 heavy (non-hydrogen) atoms. The number of phenols is 1. The van der Waals surface area contributed by atoms with E-state index in [-0.39, 0.29) is 5.75 Å². The first-order valence-corrected chi connectivity index (χ1v) is 7.43. The van der Waals surface area contributed by atoms with Gasteiger partial charge in [-0.25, -0.2) is 0 Å². The Kier molecular flexibility index (Phi) is 4.11. The molecule has 0 aliphatic carbocycles. The number of benzene rings is 2. The highest BCUT2D eigenvalue weighted by atomic mass is 16.5. The first-order chi connectivity index (χ1) is 10.3. The Bertz CT molecular complexity index is 597. The van der Waals surface area contributed by atoms with Crippen LogP contribution in [0.2, 0.25) is 0 Å². The third kappa shape index (κ3) is 3.03. The van der Waals surface area contributed by atoms with Crippen LogP contribution in [0.3, 0.4) is 0 Å². The van der Waals surface area contributed by atoms with E-state index in [9.17, 15) is 5.11 Å². The summed E-state index contributed by atoms with van der Waals surface area (Å²) in [5, 5.41) is 9.90. The molecule has 0 saturated carbocycles. The van der Waals surface area contributed by atoms with Crippen LogP contribution in [0.15, 0.2) is 48.5 Å². The summed E-state index contributed by atoms with van der Waals surface area (Å²) in [5.41, 5.74) is 2.50. The van der Waals surface area contributed by atoms with Crippen molar-refractivity contribution >= 4 is 0 Å². The summed E-state index contributed by atoms with van der Waals surface area (Å²) >= 11 is 0. The summed E-state index contributed by atoms with van der Waals surface area (Å²) < 4.78 is 5.10. The molecule has 0 radical (unpaired) electrons. The van der Waals surface area contributed by atoms with Gasteiger partial charge in [0.25, 0.3) is 0 Å². The highest BCUT2D eigenvalue weighted by Crippen LogP contribution is 2.34. The Hall–Kier alpha value is -2.00. The van der Waals surface area contributed by atoms with Crippen molar-refractivity contribution in [3.05, 3.63) is 59.7 Å². The minimum Gasteiger partial charge on any atom is -0.504 e. The molecule has 0 amide bonds. The number of methoxy groups -OCH3 is 1. The zero-order valence-electron chi connectivity index (χ0n) is 12.3. The summed E-state index contributed by atoms with van der Waals surface area (Å²) in [6, 6.07) is 16.8. The summed E-state index contributed by atoms with van der Waals surface area (Å²) in [6.45, 7) is 1.96. The zero-order chi connectivity index (χ0) is 14.7. The molecule has 1 heterocycles. The van der Waals surface area contributed by atoms with Crippen molar-refractivity contribution < 1.29 is 9.84 Å². The van der Waals surface area contributed by atoms with Crippen LogP contribution in [0, 0.1) is 0 Å². The lowest BCUT2D eigenvalue weighted by Gasteiger charge is -2.25. The van der Waals surface area contributed by atoms with Gasteiger partial charge < -0.3 is 9.84 Å². The SMILES string of the molecule is COc1ccc(CN2CCCC2c2ccccc2)cc1O. The third-order valence-electron chi connectivity index (χ3n) is 4.18. The molecule has 1 atom stereocenters. The molecule has 1 aliphatic rings. The molecule has 2 aromatic carbocycles.